The first kappa shape index (κ1) is 21.5. The van der Waals surface area contributed by atoms with Crippen LogP contribution in [0, 0.1) is 23.7 Å². The third kappa shape index (κ3) is 7.84. The average Bonchev–Trinajstić information content (AvgIpc) is 2.69. The van der Waals surface area contributed by atoms with Crippen LogP contribution in [0.2, 0.25) is 0 Å². The summed E-state index contributed by atoms with van der Waals surface area (Å²) in [6.07, 6.45) is 22.5. The van der Waals surface area contributed by atoms with Crippen molar-refractivity contribution < 1.29 is 9.53 Å². The first-order chi connectivity index (χ1) is 12.7. The summed E-state index contributed by atoms with van der Waals surface area (Å²) >= 11 is 0. The van der Waals surface area contributed by atoms with Crippen LogP contribution in [-0.4, -0.2) is 12.6 Å². The predicted octanol–water partition coefficient (Wildman–Crippen LogP) is 7.08. The number of unbranched alkanes of at least 4 members (excludes halogenated alkanes) is 3. The van der Waals surface area contributed by atoms with E-state index in [9.17, 15) is 4.79 Å². The van der Waals surface area contributed by atoms with E-state index in [0.717, 1.165) is 37.0 Å². The Morgan fingerprint density at radius 3 is 2.08 bits per heavy atom. The van der Waals surface area contributed by atoms with Crippen molar-refractivity contribution in [3.8, 4) is 0 Å². The highest BCUT2D eigenvalue weighted by atomic mass is 16.5. The molecule has 0 aliphatic heterocycles. The van der Waals surface area contributed by atoms with E-state index in [4.69, 9.17) is 4.74 Å². The maximum absolute atomic E-state index is 11.8. The first-order valence-electron chi connectivity index (χ1n) is 11.6. The van der Waals surface area contributed by atoms with Gasteiger partial charge in [-0.05, 0) is 68.6 Å². The van der Waals surface area contributed by atoms with Crippen molar-refractivity contribution in [3.63, 3.8) is 0 Å². The van der Waals surface area contributed by atoms with Crippen molar-refractivity contribution in [1.82, 2.24) is 0 Å². The number of carbonyl (C=O) groups excluding carboxylic acids is 1. The standard InChI is InChI=1S/C24H42O2/c1-3-5-7-19-26-24(25)18-13-21-11-16-23(17-12-21)22-14-9-20(10-15-22)8-6-4-2/h13,18,20-23H,3-12,14-17,19H2,1-2H3/b18-13+/t20-,21?,22-,23?. The Bertz CT molecular complexity index is 398. The Hall–Kier alpha value is -0.790. The molecule has 0 amide bonds. The monoisotopic (exact) mass is 362 g/mol. The van der Waals surface area contributed by atoms with Gasteiger partial charge in [0.25, 0.3) is 0 Å². The summed E-state index contributed by atoms with van der Waals surface area (Å²) in [6, 6.07) is 0. The summed E-state index contributed by atoms with van der Waals surface area (Å²) in [5.74, 6) is 3.41. The van der Waals surface area contributed by atoms with Crippen molar-refractivity contribution in [2.45, 2.75) is 104 Å². The molecular weight excluding hydrogens is 320 g/mol. The van der Waals surface area contributed by atoms with Gasteiger partial charge >= 0.3 is 5.97 Å². The highest BCUT2D eigenvalue weighted by molar-refractivity contribution is 5.81. The second kappa shape index (κ2) is 12.6. The number of allylic oxidation sites excluding steroid dienone is 1. The Kier molecular flexibility index (Phi) is 10.4. The lowest BCUT2D eigenvalue weighted by atomic mass is 9.68. The zero-order valence-electron chi connectivity index (χ0n) is 17.4. The lowest BCUT2D eigenvalue weighted by Crippen LogP contribution is -2.25. The molecular formula is C24H42O2. The van der Waals surface area contributed by atoms with Crippen molar-refractivity contribution in [3.05, 3.63) is 12.2 Å². The maximum Gasteiger partial charge on any atom is 0.330 e. The van der Waals surface area contributed by atoms with E-state index in [-0.39, 0.29) is 5.97 Å². The summed E-state index contributed by atoms with van der Waals surface area (Å²) < 4.78 is 5.26. The van der Waals surface area contributed by atoms with Crippen molar-refractivity contribution in [1.29, 1.82) is 0 Å². The smallest absolute Gasteiger partial charge is 0.330 e. The third-order valence-electron chi connectivity index (χ3n) is 6.84. The Labute approximate surface area is 162 Å². The molecule has 2 nitrogen and oxygen atoms in total. The van der Waals surface area contributed by atoms with Gasteiger partial charge in [-0.1, -0.05) is 64.9 Å². The van der Waals surface area contributed by atoms with Crippen LogP contribution in [0.15, 0.2) is 12.2 Å². The second-order valence-corrected chi connectivity index (χ2v) is 8.83. The number of rotatable bonds is 10. The zero-order valence-corrected chi connectivity index (χ0v) is 17.4. The Morgan fingerprint density at radius 2 is 1.46 bits per heavy atom. The van der Waals surface area contributed by atoms with Crippen LogP contribution >= 0.6 is 0 Å². The molecule has 0 bridgehead atoms. The van der Waals surface area contributed by atoms with E-state index in [0.29, 0.717) is 12.5 Å². The van der Waals surface area contributed by atoms with Crippen molar-refractivity contribution in [2.24, 2.45) is 23.7 Å². The lowest BCUT2D eigenvalue weighted by Gasteiger charge is -2.37. The molecule has 0 aromatic rings. The molecule has 0 saturated heterocycles. The van der Waals surface area contributed by atoms with Gasteiger partial charge in [-0.25, -0.2) is 4.79 Å². The molecule has 2 heteroatoms. The fourth-order valence-electron chi connectivity index (χ4n) is 5.04. The van der Waals surface area contributed by atoms with E-state index >= 15 is 0 Å². The van der Waals surface area contributed by atoms with Gasteiger partial charge in [-0.3, -0.25) is 0 Å². The van der Waals surface area contributed by atoms with Gasteiger partial charge in [0.1, 0.15) is 0 Å². The summed E-state index contributed by atoms with van der Waals surface area (Å²) in [5.41, 5.74) is 0. The van der Waals surface area contributed by atoms with Crippen LogP contribution in [0.5, 0.6) is 0 Å². The van der Waals surface area contributed by atoms with E-state index in [2.05, 4.69) is 19.9 Å². The summed E-state index contributed by atoms with van der Waals surface area (Å²) in [7, 11) is 0. The minimum Gasteiger partial charge on any atom is -0.463 e. The van der Waals surface area contributed by atoms with Gasteiger partial charge in [0.2, 0.25) is 0 Å². The molecule has 0 heterocycles. The van der Waals surface area contributed by atoms with Gasteiger partial charge in [0.05, 0.1) is 6.61 Å². The van der Waals surface area contributed by atoms with Crippen LogP contribution in [-0.2, 0) is 9.53 Å². The van der Waals surface area contributed by atoms with Crippen LogP contribution in [0.1, 0.15) is 104 Å². The molecule has 2 aliphatic rings. The molecule has 26 heavy (non-hydrogen) atoms. The summed E-state index contributed by atoms with van der Waals surface area (Å²) in [5, 5.41) is 0. The number of hydrogen-bond acceptors (Lipinski definition) is 2. The van der Waals surface area contributed by atoms with Gasteiger partial charge < -0.3 is 4.74 Å². The van der Waals surface area contributed by atoms with Crippen LogP contribution in [0.25, 0.3) is 0 Å². The lowest BCUT2D eigenvalue weighted by molar-refractivity contribution is -0.137. The fourth-order valence-corrected chi connectivity index (χ4v) is 5.04. The Morgan fingerprint density at radius 1 is 0.846 bits per heavy atom. The number of ether oxygens (including phenoxy) is 1. The highest BCUT2D eigenvalue weighted by Gasteiger charge is 2.30. The van der Waals surface area contributed by atoms with E-state index in [1.54, 1.807) is 6.08 Å². The maximum atomic E-state index is 11.8. The fraction of sp³-hybridized carbons (Fsp3) is 0.875. The van der Waals surface area contributed by atoms with E-state index < -0.39 is 0 Å². The van der Waals surface area contributed by atoms with Crippen LogP contribution < -0.4 is 0 Å². The molecule has 0 spiro atoms. The largest absolute Gasteiger partial charge is 0.463 e. The van der Waals surface area contributed by atoms with Gasteiger partial charge in [0, 0.05) is 6.08 Å². The zero-order chi connectivity index (χ0) is 18.6. The molecule has 0 atom stereocenters. The number of carbonyl (C=O) groups is 1. The molecule has 0 aromatic heterocycles. The molecule has 2 saturated carbocycles. The topological polar surface area (TPSA) is 26.3 Å². The van der Waals surface area contributed by atoms with Gasteiger partial charge in [0.15, 0.2) is 0 Å². The molecule has 0 radical (unpaired) electrons. The van der Waals surface area contributed by atoms with Crippen LogP contribution in [0.4, 0.5) is 0 Å². The van der Waals surface area contributed by atoms with Crippen molar-refractivity contribution >= 4 is 5.97 Å². The molecule has 0 N–H and O–H groups in total. The average molecular weight is 363 g/mol. The summed E-state index contributed by atoms with van der Waals surface area (Å²) in [6.45, 7) is 5.05. The number of hydrogen-bond donors (Lipinski definition) is 0. The normalized spacial score (nSPS) is 29.8. The number of esters is 1. The molecule has 2 aliphatic carbocycles. The van der Waals surface area contributed by atoms with E-state index in [1.165, 1.54) is 70.6 Å². The highest BCUT2D eigenvalue weighted by Crippen LogP contribution is 2.42. The molecule has 0 aromatic carbocycles. The summed E-state index contributed by atoms with van der Waals surface area (Å²) in [4.78, 5) is 11.8. The van der Waals surface area contributed by atoms with Crippen LogP contribution in [0.3, 0.4) is 0 Å². The first-order valence-corrected chi connectivity index (χ1v) is 11.6. The van der Waals surface area contributed by atoms with Crippen molar-refractivity contribution in [2.75, 3.05) is 6.61 Å². The molecule has 0 unspecified atom stereocenters. The molecule has 2 rings (SSSR count). The molecule has 150 valence electrons. The third-order valence-corrected chi connectivity index (χ3v) is 6.84. The minimum atomic E-state index is -0.145. The van der Waals surface area contributed by atoms with Gasteiger partial charge in [-0.15, -0.1) is 0 Å². The minimum absolute atomic E-state index is 0.145. The van der Waals surface area contributed by atoms with Gasteiger partial charge in [-0.2, -0.15) is 0 Å². The SMILES string of the molecule is CCCCCOC(=O)/C=C/C1CCC([C@H]2CC[C@H](CCCC)CC2)CC1. The second-order valence-electron chi connectivity index (χ2n) is 8.83. The predicted molar refractivity (Wildman–Crippen MR) is 110 cm³/mol. The van der Waals surface area contributed by atoms with E-state index in [1.807, 2.05) is 0 Å². The quantitative estimate of drug-likeness (QED) is 0.236. The Balaban J connectivity index is 1.60. The molecule has 2 fully saturated rings.